The van der Waals surface area contributed by atoms with Crippen LogP contribution in [0.25, 0.3) is 0 Å². The van der Waals surface area contributed by atoms with Crippen molar-refractivity contribution in [3.63, 3.8) is 0 Å². The van der Waals surface area contributed by atoms with Gasteiger partial charge < -0.3 is 9.50 Å². The van der Waals surface area contributed by atoms with Crippen LogP contribution in [0, 0.1) is 6.92 Å². The van der Waals surface area contributed by atoms with Crippen LogP contribution in [0.2, 0.25) is 0 Å². The molecule has 0 saturated heterocycles. The summed E-state index contributed by atoms with van der Waals surface area (Å²) in [4.78, 5) is 12.2. The molecular formula is C15H15NO4S. The molecule has 0 aromatic heterocycles. The van der Waals surface area contributed by atoms with E-state index in [0.717, 1.165) is 11.8 Å². The van der Waals surface area contributed by atoms with Gasteiger partial charge in [-0.25, -0.2) is 0 Å². The molecule has 0 spiro atoms. The third-order valence-corrected chi connectivity index (χ3v) is 3.14. The molecule has 0 fully saturated rings. The highest BCUT2D eigenvalue weighted by Gasteiger charge is 2.16. The maximum Gasteiger partial charge on any atom is 0.306 e. The van der Waals surface area contributed by atoms with E-state index < -0.39 is 16.0 Å². The average Bonchev–Trinajstić information content (AvgIpc) is 2.37. The number of carbonyl (C=O) groups is 1. The zero-order valence-corrected chi connectivity index (χ0v) is 12.5. The summed E-state index contributed by atoms with van der Waals surface area (Å²) in [5, 5.41) is 2.69. The number of rotatable bonds is 4. The molecule has 0 radical (unpaired) electrons. The van der Waals surface area contributed by atoms with E-state index in [1.54, 1.807) is 37.3 Å². The summed E-state index contributed by atoms with van der Waals surface area (Å²) in [6.07, 6.45) is 0.939. The lowest BCUT2D eigenvalue weighted by molar-refractivity contribution is 0.102. The van der Waals surface area contributed by atoms with Gasteiger partial charge in [0.25, 0.3) is 5.91 Å². The summed E-state index contributed by atoms with van der Waals surface area (Å²) in [7, 11) is -3.70. The normalized spacial score (nSPS) is 11.0. The minimum absolute atomic E-state index is 0.0194. The molecule has 2 aromatic carbocycles. The van der Waals surface area contributed by atoms with Crippen LogP contribution in [0.4, 0.5) is 5.69 Å². The number of nitrogens with one attached hydrogen (secondary N) is 1. The highest BCUT2D eigenvalue weighted by atomic mass is 32.2. The number of amides is 1. The van der Waals surface area contributed by atoms with Crippen LogP contribution in [0.1, 0.15) is 15.9 Å². The molecule has 0 unspecified atom stereocenters. The van der Waals surface area contributed by atoms with Gasteiger partial charge in [0.15, 0.2) is 5.75 Å². The summed E-state index contributed by atoms with van der Waals surface area (Å²) < 4.78 is 27.5. The lowest BCUT2D eigenvalue weighted by atomic mass is 10.1. The van der Waals surface area contributed by atoms with Crippen molar-refractivity contribution in [2.24, 2.45) is 0 Å². The summed E-state index contributed by atoms with van der Waals surface area (Å²) in [5.41, 5.74) is 1.58. The second-order valence-electron chi connectivity index (χ2n) is 4.61. The van der Waals surface area contributed by atoms with E-state index in [9.17, 15) is 13.2 Å². The lowest BCUT2D eigenvalue weighted by Crippen LogP contribution is -2.15. The standard InChI is InChI=1S/C15H15NO4S/c1-11-8-9-13(14(10-11)20-21(2,18)19)15(17)16-12-6-4-3-5-7-12/h3-10H,1-2H3,(H,16,17). The van der Waals surface area contributed by atoms with E-state index in [4.69, 9.17) is 4.18 Å². The number of anilines is 1. The first-order chi connectivity index (χ1) is 9.85. The Labute approximate surface area is 123 Å². The topological polar surface area (TPSA) is 72.5 Å². The summed E-state index contributed by atoms with van der Waals surface area (Å²) >= 11 is 0. The van der Waals surface area contributed by atoms with Gasteiger partial charge in [-0.15, -0.1) is 0 Å². The zero-order valence-electron chi connectivity index (χ0n) is 11.7. The third-order valence-electron chi connectivity index (χ3n) is 2.65. The summed E-state index contributed by atoms with van der Waals surface area (Å²) in [5.74, 6) is -0.411. The van der Waals surface area contributed by atoms with E-state index in [2.05, 4.69) is 5.32 Å². The Balaban J connectivity index is 2.32. The minimum atomic E-state index is -3.70. The van der Waals surface area contributed by atoms with Gasteiger partial charge in [-0.2, -0.15) is 8.42 Å². The monoisotopic (exact) mass is 305 g/mol. The first-order valence-corrected chi connectivity index (χ1v) is 8.03. The first kappa shape index (κ1) is 15.1. The molecule has 0 atom stereocenters. The molecule has 0 aliphatic rings. The lowest BCUT2D eigenvalue weighted by Gasteiger charge is -2.11. The third kappa shape index (κ3) is 4.32. The molecule has 5 nitrogen and oxygen atoms in total. The van der Waals surface area contributed by atoms with Crippen molar-refractivity contribution < 1.29 is 17.4 Å². The molecule has 2 aromatic rings. The highest BCUT2D eigenvalue weighted by molar-refractivity contribution is 7.86. The Morgan fingerprint density at radius 2 is 1.76 bits per heavy atom. The largest absolute Gasteiger partial charge is 0.382 e. The van der Waals surface area contributed by atoms with E-state index in [1.165, 1.54) is 12.1 Å². The number of para-hydroxylation sites is 1. The van der Waals surface area contributed by atoms with Gasteiger partial charge >= 0.3 is 10.1 Å². The van der Waals surface area contributed by atoms with Gasteiger partial charge in [-0.05, 0) is 36.8 Å². The van der Waals surface area contributed by atoms with Crippen LogP contribution in [0.15, 0.2) is 48.5 Å². The Kier molecular flexibility index (Phi) is 4.28. The number of hydrogen-bond donors (Lipinski definition) is 1. The fourth-order valence-corrected chi connectivity index (χ4v) is 2.23. The van der Waals surface area contributed by atoms with Gasteiger partial charge in [0.2, 0.25) is 0 Å². The molecule has 1 N–H and O–H groups in total. The Hall–Kier alpha value is -2.34. The Morgan fingerprint density at radius 1 is 1.10 bits per heavy atom. The molecule has 110 valence electrons. The van der Waals surface area contributed by atoms with Crippen LogP contribution in [0.5, 0.6) is 5.75 Å². The predicted octanol–water partition coefficient (Wildman–Crippen LogP) is 2.59. The van der Waals surface area contributed by atoms with Crippen molar-refractivity contribution in [3.05, 3.63) is 59.7 Å². The van der Waals surface area contributed by atoms with Crippen LogP contribution in [-0.2, 0) is 10.1 Å². The number of benzene rings is 2. The van der Waals surface area contributed by atoms with Gasteiger partial charge in [-0.1, -0.05) is 24.3 Å². The Bertz CT molecular complexity index is 754. The summed E-state index contributed by atoms with van der Waals surface area (Å²) in [6, 6.07) is 13.7. The van der Waals surface area contributed by atoms with Crippen LogP contribution in [0.3, 0.4) is 0 Å². The number of carbonyl (C=O) groups excluding carboxylic acids is 1. The number of hydrogen-bond acceptors (Lipinski definition) is 4. The average molecular weight is 305 g/mol. The molecule has 0 bridgehead atoms. The predicted molar refractivity (Wildman–Crippen MR) is 81.0 cm³/mol. The van der Waals surface area contributed by atoms with Crippen LogP contribution >= 0.6 is 0 Å². The maximum atomic E-state index is 12.2. The van der Waals surface area contributed by atoms with E-state index in [0.29, 0.717) is 5.69 Å². The molecule has 0 aliphatic heterocycles. The summed E-state index contributed by atoms with van der Waals surface area (Å²) in [6.45, 7) is 1.79. The quantitative estimate of drug-likeness (QED) is 0.881. The van der Waals surface area contributed by atoms with E-state index >= 15 is 0 Å². The van der Waals surface area contributed by atoms with Gasteiger partial charge in [0, 0.05) is 5.69 Å². The van der Waals surface area contributed by atoms with Crippen molar-refractivity contribution in [1.82, 2.24) is 0 Å². The van der Waals surface area contributed by atoms with Crippen LogP contribution < -0.4 is 9.50 Å². The smallest absolute Gasteiger partial charge is 0.306 e. The van der Waals surface area contributed by atoms with Crippen molar-refractivity contribution >= 4 is 21.7 Å². The van der Waals surface area contributed by atoms with Crippen molar-refractivity contribution in [2.75, 3.05) is 11.6 Å². The van der Waals surface area contributed by atoms with Crippen molar-refractivity contribution in [3.8, 4) is 5.75 Å². The molecule has 0 aliphatic carbocycles. The second kappa shape index (κ2) is 5.97. The molecule has 0 heterocycles. The molecular weight excluding hydrogens is 290 g/mol. The zero-order chi connectivity index (χ0) is 15.5. The fraction of sp³-hybridized carbons (Fsp3) is 0.133. The SMILES string of the molecule is Cc1ccc(C(=O)Nc2ccccc2)c(OS(C)(=O)=O)c1. The molecule has 0 saturated carbocycles. The molecule has 21 heavy (non-hydrogen) atoms. The highest BCUT2D eigenvalue weighted by Crippen LogP contribution is 2.23. The minimum Gasteiger partial charge on any atom is -0.382 e. The maximum absolute atomic E-state index is 12.2. The van der Waals surface area contributed by atoms with Gasteiger partial charge in [-0.3, -0.25) is 4.79 Å². The Morgan fingerprint density at radius 3 is 2.38 bits per heavy atom. The van der Waals surface area contributed by atoms with E-state index in [1.807, 2.05) is 6.07 Å². The molecule has 6 heteroatoms. The first-order valence-electron chi connectivity index (χ1n) is 6.22. The number of aryl methyl sites for hydroxylation is 1. The second-order valence-corrected chi connectivity index (χ2v) is 6.18. The van der Waals surface area contributed by atoms with Gasteiger partial charge in [0.1, 0.15) is 0 Å². The van der Waals surface area contributed by atoms with Crippen molar-refractivity contribution in [2.45, 2.75) is 6.92 Å². The van der Waals surface area contributed by atoms with Gasteiger partial charge in [0.05, 0.1) is 11.8 Å². The fourth-order valence-electron chi connectivity index (χ4n) is 1.77. The van der Waals surface area contributed by atoms with E-state index in [-0.39, 0.29) is 11.3 Å². The molecule has 2 rings (SSSR count). The van der Waals surface area contributed by atoms with Crippen LogP contribution in [-0.4, -0.2) is 20.6 Å². The molecule has 1 amide bonds. The van der Waals surface area contributed by atoms with Crippen molar-refractivity contribution in [1.29, 1.82) is 0 Å².